The maximum absolute atomic E-state index is 10.8. The zero-order valence-corrected chi connectivity index (χ0v) is 12.2. The van der Waals surface area contributed by atoms with E-state index in [1.54, 1.807) is 0 Å². The molecule has 1 aromatic carbocycles. The summed E-state index contributed by atoms with van der Waals surface area (Å²) in [5.74, 6) is -0.290. The Kier molecular flexibility index (Phi) is 5.69. The minimum Gasteiger partial charge on any atom is -0.480 e. The van der Waals surface area contributed by atoms with Crippen molar-refractivity contribution in [2.45, 2.75) is 18.9 Å². The summed E-state index contributed by atoms with van der Waals surface area (Å²) in [6.45, 7) is 0.807. The van der Waals surface area contributed by atoms with Crippen LogP contribution in [0, 0.1) is 9.49 Å². The predicted molar refractivity (Wildman–Crippen MR) is 77.6 cm³/mol. The molecule has 5 heteroatoms. The zero-order chi connectivity index (χ0) is 11.5. The number of carboxylic acid groups (broad SMARTS) is 1. The Morgan fingerprint density at radius 3 is 2.76 bits per heavy atom. The normalized spacial score (nSPS) is 23.1. The van der Waals surface area contributed by atoms with Crippen LogP contribution in [0.15, 0.2) is 24.3 Å². The number of hydrogen-bond donors (Lipinski definition) is 2. The fourth-order valence-corrected chi connectivity index (χ4v) is 2.74. The van der Waals surface area contributed by atoms with E-state index in [2.05, 4.69) is 40.0 Å². The molecule has 1 fully saturated rings. The summed E-state index contributed by atoms with van der Waals surface area (Å²) in [7, 11) is 0. The molecule has 0 amide bonds. The molecule has 1 aliphatic heterocycles. The van der Waals surface area contributed by atoms with Gasteiger partial charge in [-0.1, -0.05) is 18.2 Å². The second-order valence-electron chi connectivity index (χ2n) is 4.20. The predicted octanol–water partition coefficient (Wildman–Crippen LogP) is 2.32. The van der Waals surface area contributed by atoms with E-state index in [0.29, 0.717) is 5.92 Å². The summed E-state index contributed by atoms with van der Waals surface area (Å²) in [5, 5.41) is 11.9. The lowest BCUT2D eigenvalue weighted by Crippen LogP contribution is -2.29. The zero-order valence-electron chi connectivity index (χ0n) is 9.23. The molecule has 2 atom stereocenters. The maximum atomic E-state index is 10.8. The molecule has 0 spiro atoms. The van der Waals surface area contributed by atoms with Crippen molar-refractivity contribution in [2.24, 2.45) is 5.92 Å². The molecular formula is C12H15ClINO2. The van der Waals surface area contributed by atoms with E-state index >= 15 is 0 Å². The molecule has 2 N–H and O–H groups in total. The van der Waals surface area contributed by atoms with E-state index in [1.807, 2.05) is 12.1 Å². The van der Waals surface area contributed by atoms with Crippen LogP contribution >= 0.6 is 35.0 Å². The highest BCUT2D eigenvalue weighted by molar-refractivity contribution is 14.1. The molecule has 0 saturated carbocycles. The van der Waals surface area contributed by atoms with Crippen LogP contribution in [0.4, 0.5) is 0 Å². The average molecular weight is 368 g/mol. The number of hydrogen-bond acceptors (Lipinski definition) is 2. The quantitative estimate of drug-likeness (QED) is 0.806. The van der Waals surface area contributed by atoms with Crippen molar-refractivity contribution in [3.63, 3.8) is 0 Å². The van der Waals surface area contributed by atoms with Gasteiger partial charge in [0.15, 0.2) is 0 Å². The van der Waals surface area contributed by atoms with Crippen LogP contribution in [0.1, 0.15) is 12.0 Å². The van der Waals surface area contributed by atoms with Crippen molar-refractivity contribution in [3.05, 3.63) is 33.4 Å². The minimum atomic E-state index is -0.731. The van der Waals surface area contributed by atoms with Crippen LogP contribution in [0.2, 0.25) is 0 Å². The Balaban J connectivity index is 0.00000144. The third kappa shape index (κ3) is 3.82. The Hall–Kier alpha value is -0.330. The van der Waals surface area contributed by atoms with Gasteiger partial charge in [0.2, 0.25) is 0 Å². The molecular weight excluding hydrogens is 352 g/mol. The van der Waals surface area contributed by atoms with Gasteiger partial charge in [0.1, 0.15) is 6.04 Å². The minimum absolute atomic E-state index is 0. The largest absolute Gasteiger partial charge is 0.480 e. The molecule has 1 saturated heterocycles. The number of nitrogens with one attached hydrogen (secondary N) is 1. The van der Waals surface area contributed by atoms with Gasteiger partial charge in [-0.25, -0.2) is 0 Å². The Labute approximate surface area is 121 Å². The van der Waals surface area contributed by atoms with Crippen molar-refractivity contribution in [2.75, 3.05) is 6.54 Å². The molecule has 2 rings (SSSR count). The standard InChI is InChI=1S/C12H14INO2.ClH/c13-10-4-2-1-3-9(10)5-8-6-11(12(15)16)14-7-8;/h1-4,8,11,14H,5-7H2,(H,15,16);1H. The van der Waals surface area contributed by atoms with Crippen molar-refractivity contribution >= 4 is 41.0 Å². The topological polar surface area (TPSA) is 49.3 Å². The van der Waals surface area contributed by atoms with Gasteiger partial charge in [-0.3, -0.25) is 4.79 Å². The molecule has 0 aromatic heterocycles. The highest BCUT2D eigenvalue weighted by atomic mass is 127. The van der Waals surface area contributed by atoms with E-state index < -0.39 is 5.97 Å². The summed E-state index contributed by atoms with van der Waals surface area (Å²) in [5.41, 5.74) is 1.32. The van der Waals surface area contributed by atoms with Gasteiger partial charge in [0, 0.05) is 3.57 Å². The van der Waals surface area contributed by atoms with Gasteiger partial charge in [-0.05, 0) is 59.5 Å². The maximum Gasteiger partial charge on any atom is 0.320 e. The molecule has 0 aliphatic carbocycles. The van der Waals surface area contributed by atoms with Gasteiger partial charge < -0.3 is 10.4 Å². The molecule has 3 nitrogen and oxygen atoms in total. The molecule has 0 bridgehead atoms. The first-order valence-corrected chi connectivity index (χ1v) is 6.44. The van der Waals surface area contributed by atoms with Crippen LogP contribution in [0.5, 0.6) is 0 Å². The SMILES string of the molecule is Cl.O=C(O)C1CC(Cc2ccccc2I)CN1. The summed E-state index contributed by atoms with van der Waals surface area (Å²) in [4.78, 5) is 10.8. The highest BCUT2D eigenvalue weighted by Crippen LogP contribution is 2.22. The monoisotopic (exact) mass is 367 g/mol. The Bertz CT molecular complexity index is 400. The van der Waals surface area contributed by atoms with Gasteiger partial charge in [-0.2, -0.15) is 0 Å². The van der Waals surface area contributed by atoms with Crippen molar-refractivity contribution in [1.82, 2.24) is 5.32 Å². The molecule has 1 heterocycles. The number of benzene rings is 1. The first kappa shape index (κ1) is 14.7. The van der Waals surface area contributed by atoms with Gasteiger partial charge in [-0.15, -0.1) is 12.4 Å². The van der Waals surface area contributed by atoms with Crippen molar-refractivity contribution in [1.29, 1.82) is 0 Å². The van der Waals surface area contributed by atoms with Crippen LogP contribution in [-0.2, 0) is 11.2 Å². The van der Waals surface area contributed by atoms with E-state index in [-0.39, 0.29) is 18.4 Å². The lowest BCUT2D eigenvalue weighted by Gasteiger charge is -2.09. The average Bonchev–Trinajstić information content (AvgIpc) is 2.70. The molecule has 94 valence electrons. The number of rotatable bonds is 3. The van der Waals surface area contributed by atoms with Crippen LogP contribution in [0.25, 0.3) is 0 Å². The third-order valence-electron chi connectivity index (χ3n) is 2.99. The van der Waals surface area contributed by atoms with E-state index in [4.69, 9.17) is 5.11 Å². The highest BCUT2D eigenvalue weighted by Gasteiger charge is 2.29. The summed E-state index contributed by atoms with van der Waals surface area (Å²) < 4.78 is 1.26. The van der Waals surface area contributed by atoms with Crippen LogP contribution in [0.3, 0.4) is 0 Å². The molecule has 0 radical (unpaired) electrons. The van der Waals surface area contributed by atoms with E-state index in [1.165, 1.54) is 9.13 Å². The van der Waals surface area contributed by atoms with Crippen molar-refractivity contribution in [3.8, 4) is 0 Å². The van der Waals surface area contributed by atoms with Gasteiger partial charge >= 0.3 is 5.97 Å². The van der Waals surface area contributed by atoms with Gasteiger partial charge in [0.05, 0.1) is 0 Å². The lowest BCUT2D eigenvalue weighted by atomic mass is 9.97. The Morgan fingerprint density at radius 1 is 1.47 bits per heavy atom. The smallest absolute Gasteiger partial charge is 0.320 e. The summed E-state index contributed by atoms with van der Waals surface area (Å²) >= 11 is 2.33. The third-order valence-corrected chi connectivity index (χ3v) is 4.04. The van der Waals surface area contributed by atoms with Gasteiger partial charge in [0.25, 0.3) is 0 Å². The Morgan fingerprint density at radius 2 is 2.18 bits per heavy atom. The molecule has 2 unspecified atom stereocenters. The first-order chi connectivity index (χ1) is 7.66. The fraction of sp³-hybridized carbons (Fsp3) is 0.417. The second kappa shape index (κ2) is 6.56. The lowest BCUT2D eigenvalue weighted by molar-refractivity contribution is -0.139. The second-order valence-corrected chi connectivity index (χ2v) is 5.36. The molecule has 1 aliphatic rings. The van der Waals surface area contributed by atoms with E-state index in [0.717, 1.165) is 19.4 Å². The van der Waals surface area contributed by atoms with Crippen LogP contribution < -0.4 is 5.32 Å². The first-order valence-electron chi connectivity index (χ1n) is 5.36. The summed E-state index contributed by atoms with van der Waals surface area (Å²) in [6, 6.07) is 7.92. The molecule has 17 heavy (non-hydrogen) atoms. The fourth-order valence-electron chi connectivity index (χ4n) is 2.13. The summed E-state index contributed by atoms with van der Waals surface area (Å²) in [6.07, 6.45) is 1.70. The van der Waals surface area contributed by atoms with Crippen LogP contribution in [-0.4, -0.2) is 23.7 Å². The van der Waals surface area contributed by atoms with E-state index in [9.17, 15) is 4.79 Å². The number of aliphatic carboxylic acids is 1. The number of carboxylic acids is 1. The number of halogens is 2. The molecule has 1 aromatic rings. The number of carbonyl (C=O) groups is 1. The van der Waals surface area contributed by atoms with Crippen molar-refractivity contribution < 1.29 is 9.90 Å².